The van der Waals surface area contributed by atoms with Crippen molar-refractivity contribution in [3.05, 3.63) is 39.2 Å². The maximum atomic E-state index is 11.9. The van der Waals surface area contributed by atoms with E-state index in [9.17, 15) is 9.59 Å². The summed E-state index contributed by atoms with van der Waals surface area (Å²) >= 11 is 7.05. The van der Waals surface area contributed by atoms with E-state index < -0.39 is 0 Å². The lowest BCUT2D eigenvalue weighted by molar-refractivity contribution is 0.0961. The molecule has 1 aromatic rings. The molecule has 5 heteroatoms. The highest BCUT2D eigenvalue weighted by Gasteiger charge is 2.15. The SMILES string of the molecule is O=C=C1CC=CN(CC(=O)c2ccc(Cl)s2)C1. The summed E-state index contributed by atoms with van der Waals surface area (Å²) in [5.41, 5.74) is 0.671. The number of allylic oxidation sites excluding steroid dienone is 1. The van der Waals surface area contributed by atoms with E-state index in [0.29, 0.717) is 27.8 Å². The van der Waals surface area contributed by atoms with Crippen LogP contribution in [0.3, 0.4) is 0 Å². The third kappa shape index (κ3) is 3.07. The van der Waals surface area contributed by atoms with Crippen molar-refractivity contribution in [2.75, 3.05) is 13.1 Å². The molecule has 1 aliphatic rings. The molecule has 0 bridgehead atoms. The van der Waals surface area contributed by atoms with Gasteiger partial charge < -0.3 is 4.90 Å². The highest BCUT2D eigenvalue weighted by Crippen LogP contribution is 2.22. The molecule has 0 atom stereocenters. The van der Waals surface area contributed by atoms with Crippen LogP contribution in [-0.4, -0.2) is 29.7 Å². The molecule has 0 aliphatic carbocycles. The van der Waals surface area contributed by atoms with Crippen LogP contribution in [0.15, 0.2) is 30.0 Å². The zero-order valence-electron chi connectivity index (χ0n) is 8.98. The molecule has 1 aromatic heterocycles. The maximum absolute atomic E-state index is 11.9. The third-order valence-electron chi connectivity index (χ3n) is 2.41. The summed E-state index contributed by atoms with van der Waals surface area (Å²) < 4.78 is 0.607. The Morgan fingerprint density at radius 1 is 1.53 bits per heavy atom. The van der Waals surface area contributed by atoms with Crippen molar-refractivity contribution >= 4 is 34.7 Å². The topological polar surface area (TPSA) is 37.4 Å². The molecule has 0 saturated heterocycles. The molecule has 0 spiro atoms. The quantitative estimate of drug-likeness (QED) is 0.624. The van der Waals surface area contributed by atoms with Crippen LogP contribution in [0.1, 0.15) is 16.1 Å². The largest absolute Gasteiger partial charge is 0.365 e. The van der Waals surface area contributed by atoms with Crippen molar-refractivity contribution < 1.29 is 9.59 Å². The number of thiophene rings is 1. The Bertz CT molecular complexity index is 514. The number of hydrogen-bond acceptors (Lipinski definition) is 4. The zero-order chi connectivity index (χ0) is 12.3. The average Bonchev–Trinajstić information content (AvgIpc) is 2.76. The molecule has 2 rings (SSSR count). The number of nitrogens with zero attached hydrogens (tertiary/aromatic N) is 1. The monoisotopic (exact) mass is 267 g/mol. The summed E-state index contributed by atoms with van der Waals surface area (Å²) in [5.74, 6) is 1.91. The van der Waals surface area contributed by atoms with E-state index in [1.54, 1.807) is 17.0 Å². The minimum Gasteiger partial charge on any atom is -0.365 e. The fraction of sp³-hybridized carbons (Fsp3) is 0.250. The van der Waals surface area contributed by atoms with Crippen molar-refractivity contribution in [2.24, 2.45) is 0 Å². The van der Waals surface area contributed by atoms with E-state index in [-0.39, 0.29) is 12.3 Å². The van der Waals surface area contributed by atoms with Gasteiger partial charge in [0.05, 0.1) is 15.8 Å². The summed E-state index contributed by atoms with van der Waals surface area (Å²) in [6, 6.07) is 3.43. The molecule has 0 amide bonds. The first kappa shape index (κ1) is 12.1. The number of halogens is 1. The van der Waals surface area contributed by atoms with E-state index in [1.165, 1.54) is 11.3 Å². The minimum atomic E-state index is 0.0127. The van der Waals surface area contributed by atoms with Crippen LogP contribution < -0.4 is 0 Å². The number of carbonyl (C=O) groups excluding carboxylic acids is 2. The number of Topliss-reactive ketones (excluding diaryl/α,β-unsaturated/α-hetero) is 1. The molecular formula is C12H10ClNO2S. The molecular weight excluding hydrogens is 258 g/mol. The van der Waals surface area contributed by atoms with Gasteiger partial charge >= 0.3 is 0 Å². The van der Waals surface area contributed by atoms with Crippen LogP contribution in [0, 0.1) is 0 Å². The van der Waals surface area contributed by atoms with Crippen LogP contribution in [0.25, 0.3) is 0 Å². The highest BCUT2D eigenvalue weighted by atomic mass is 35.5. The molecule has 0 radical (unpaired) electrons. The zero-order valence-corrected chi connectivity index (χ0v) is 10.6. The predicted molar refractivity (Wildman–Crippen MR) is 68.2 cm³/mol. The van der Waals surface area contributed by atoms with Crippen LogP contribution in [0.5, 0.6) is 0 Å². The van der Waals surface area contributed by atoms with Crippen molar-refractivity contribution in [3.8, 4) is 0 Å². The van der Waals surface area contributed by atoms with Gasteiger partial charge in [-0.25, -0.2) is 4.79 Å². The molecule has 0 N–H and O–H groups in total. The fourth-order valence-corrected chi connectivity index (χ4v) is 2.59. The lowest BCUT2D eigenvalue weighted by Gasteiger charge is -2.22. The molecule has 0 fully saturated rings. The van der Waals surface area contributed by atoms with Crippen LogP contribution in [-0.2, 0) is 4.79 Å². The molecule has 88 valence electrons. The third-order valence-corrected chi connectivity index (χ3v) is 3.69. The van der Waals surface area contributed by atoms with E-state index in [2.05, 4.69) is 0 Å². The van der Waals surface area contributed by atoms with Gasteiger partial charge in [0, 0.05) is 18.5 Å². The Labute approximate surface area is 108 Å². The second kappa shape index (κ2) is 5.32. The van der Waals surface area contributed by atoms with Gasteiger partial charge in [0.2, 0.25) is 0 Å². The van der Waals surface area contributed by atoms with Gasteiger partial charge in [-0.15, -0.1) is 11.3 Å². The normalized spacial score (nSPS) is 14.9. The molecule has 17 heavy (non-hydrogen) atoms. The first-order valence-electron chi connectivity index (χ1n) is 5.11. The van der Waals surface area contributed by atoms with Gasteiger partial charge in [0.25, 0.3) is 0 Å². The lowest BCUT2D eigenvalue weighted by atomic mass is 10.1. The van der Waals surface area contributed by atoms with Gasteiger partial charge in [-0.3, -0.25) is 4.79 Å². The Kier molecular flexibility index (Phi) is 3.79. The molecule has 0 unspecified atom stereocenters. The van der Waals surface area contributed by atoms with E-state index in [0.717, 1.165) is 0 Å². The first-order valence-corrected chi connectivity index (χ1v) is 6.30. The lowest BCUT2D eigenvalue weighted by Crippen LogP contribution is -2.28. The minimum absolute atomic E-state index is 0.0127. The summed E-state index contributed by atoms with van der Waals surface area (Å²) in [4.78, 5) is 24.9. The second-order valence-electron chi connectivity index (χ2n) is 3.73. The molecule has 0 aromatic carbocycles. The van der Waals surface area contributed by atoms with Crippen molar-refractivity contribution in [2.45, 2.75) is 6.42 Å². The van der Waals surface area contributed by atoms with Crippen LogP contribution in [0.2, 0.25) is 4.34 Å². The summed E-state index contributed by atoms with van der Waals surface area (Å²) in [6.45, 7) is 0.739. The predicted octanol–water partition coefficient (Wildman–Crippen LogP) is 2.56. The standard InChI is InChI=1S/C12H10ClNO2S/c13-12-4-3-11(17-12)10(16)7-14-5-1-2-9(6-14)8-15/h1,3-5H,2,6-7H2. The fourth-order valence-electron chi connectivity index (χ4n) is 1.62. The Hall–Kier alpha value is -1.35. The Balaban J connectivity index is 2.02. The van der Waals surface area contributed by atoms with Gasteiger partial charge in [-0.1, -0.05) is 17.7 Å². The number of carbonyl (C=O) groups is 1. The Morgan fingerprint density at radius 2 is 2.35 bits per heavy atom. The van der Waals surface area contributed by atoms with E-state index in [4.69, 9.17) is 11.6 Å². The van der Waals surface area contributed by atoms with Gasteiger partial charge in [-0.2, -0.15) is 0 Å². The molecule has 0 saturated carbocycles. The summed E-state index contributed by atoms with van der Waals surface area (Å²) in [7, 11) is 0. The number of ketones is 1. The average molecular weight is 268 g/mol. The summed E-state index contributed by atoms with van der Waals surface area (Å²) in [5, 5.41) is 0. The van der Waals surface area contributed by atoms with Crippen molar-refractivity contribution in [3.63, 3.8) is 0 Å². The van der Waals surface area contributed by atoms with E-state index in [1.807, 2.05) is 18.2 Å². The highest BCUT2D eigenvalue weighted by molar-refractivity contribution is 7.18. The summed E-state index contributed by atoms with van der Waals surface area (Å²) in [6.07, 6.45) is 4.32. The Morgan fingerprint density at radius 3 is 3.00 bits per heavy atom. The smallest absolute Gasteiger partial charge is 0.192 e. The van der Waals surface area contributed by atoms with Crippen LogP contribution >= 0.6 is 22.9 Å². The van der Waals surface area contributed by atoms with Gasteiger partial charge in [0.1, 0.15) is 5.94 Å². The first-order chi connectivity index (χ1) is 8.19. The number of hydrogen-bond donors (Lipinski definition) is 0. The second-order valence-corrected chi connectivity index (χ2v) is 5.44. The molecule has 2 heterocycles. The van der Waals surface area contributed by atoms with Crippen molar-refractivity contribution in [1.82, 2.24) is 4.90 Å². The molecule has 1 aliphatic heterocycles. The maximum Gasteiger partial charge on any atom is 0.192 e. The van der Waals surface area contributed by atoms with Gasteiger partial charge in [-0.05, 0) is 18.3 Å². The molecule has 3 nitrogen and oxygen atoms in total. The van der Waals surface area contributed by atoms with Crippen molar-refractivity contribution in [1.29, 1.82) is 0 Å². The van der Waals surface area contributed by atoms with Crippen LogP contribution in [0.4, 0.5) is 0 Å². The van der Waals surface area contributed by atoms with E-state index >= 15 is 0 Å². The van der Waals surface area contributed by atoms with Gasteiger partial charge in [0.15, 0.2) is 5.78 Å². The number of rotatable bonds is 3.